The maximum absolute atomic E-state index is 11.8. The molecule has 0 aliphatic rings. The van der Waals surface area contributed by atoms with Crippen molar-refractivity contribution in [3.8, 4) is 11.3 Å². The van der Waals surface area contributed by atoms with Gasteiger partial charge in [-0.15, -0.1) is 0 Å². The van der Waals surface area contributed by atoms with Crippen LogP contribution in [0.25, 0.3) is 11.3 Å². The van der Waals surface area contributed by atoms with E-state index >= 15 is 0 Å². The third-order valence-corrected chi connectivity index (χ3v) is 2.34. The van der Waals surface area contributed by atoms with Crippen LogP contribution in [0.3, 0.4) is 0 Å². The zero-order valence-electron chi connectivity index (χ0n) is 11.2. The van der Waals surface area contributed by atoms with Gasteiger partial charge in [0, 0.05) is 5.56 Å². The Morgan fingerprint density at radius 1 is 1.26 bits per heavy atom. The molecule has 0 unspecified atom stereocenters. The summed E-state index contributed by atoms with van der Waals surface area (Å²) in [5.41, 5.74) is 4.00. The molecule has 0 atom stereocenters. The Morgan fingerprint density at radius 3 is 2.58 bits per heavy atom. The molecule has 0 fully saturated rings. The van der Waals surface area contributed by atoms with E-state index in [1.165, 1.54) is 0 Å². The topological polar surface area (TPSA) is 67.0 Å². The molecular weight excluding hydrogens is 242 g/mol. The van der Waals surface area contributed by atoms with E-state index in [4.69, 9.17) is 4.84 Å². The second-order valence-corrected chi connectivity index (χ2v) is 5.18. The van der Waals surface area contributed by atoms with Crippen molar-refractivity contribution in [1.29, 1.82) is 0 Å². The highest BCUT2D eigenvalue weighted by Crippen LogP contribution is 2.16. The van der Waals surface area contributed by atoms with Gasteiger partial charge in [0.05, 0.1) is 11.3 Å². The van der Waals surface area contributed by atoms with Gasteiger partial charge in [-0.25, -0.2) is 5.48 Å². The standard InChI is InChI=1S/C14H17N3O2/c1-14(2,3)19-17-13(18)12-9-11(15-16-12)10-7-5-4-6-8-10/h4-9H,1-3H3,(H,15,16)(H,17,18). The highest BCUT2D eigenvalue weighted by atomic mass is 16.7. The van der Waals surface area contributed by atoms with Gasteiger partial charge in [0.2, 0.25) is 0 Å². The molecule has 100 valence electrons. The number of benzene rings is 1. The van der Waals surface area contributed by atoms with Crippen LogP contribution in [0.15, 0.2) is 36.4 Å². The van der Waals surface area contributed by atoms with Gasteiger partial charge in [0.25, 0.3) is 5.91 Å². The molecule has 0 aliphatic heterocycles. The van der Waals surface area contributed by atoms with E-state index in [9.17, 15) is 4.79 Å². The van der Waals surface area contributed by atoms with Crippen LogP contribution in [0.1, 0.15) is 31.3 Å². The summed E-state index contributed by atoms with van der Waals surface area (Å²) in [5.74, 6) is -0.343. The van der Waals surface area contributed by atoms with Crippen molar-refractivity contribution in [1.82, 2.24) is 15.7 Å². The van der Waals surface area contributed by atoms with Gasteiger partial charge in [-0.3, -0.25) is 14.7 Å². The molecule has 2 N–H and O–H groups in total. The molecule has 1 aromatic heterocycles. The molecule has 0 spiro atoms. The number of amides is 1. The largest absolute Gasteiger partial charge is 0.292 e. The summed E-state index contributed by atoms with van der Waals surface area (Å²) in [7, 11) is 0. The lowest BCUT2D eigenvalue weighted by Gasteiger charge is -2.18. The van der Waals surface area contributed by atoms with Crippen LogP contribution in [0.2, 0.25) is 0 Å². The van der Waals surface area contributed by atoms with E-state index < -0.39 is 5.60 Å². The molecule has 1 amide bonds. The number of hydrogen-bond acceptors (Lipinski definition) is 3. The third-order valence-electron chi connectivity index (χ3n) is 2.34. The first-order chi connectivity index (χ1) is 8.96. The Kier molecular flexibility index (Phi) is 3.66. The summed E-state index contributed by atoms with van der Waals surface area (Å²) in [5, 5.41) is 6.81. The SMILES string of the molecule is CC(C)(C)ONC(=O)c1cc(-c2ccccc2)n[nH]1. The van der Waals surface area contributed by atoms with Crippen LogP contribution in [-0.2, 0) is 4.84 Å². The zero-order valence-corrected chi connectivity index (χ0v) is 11.2. The summed E-state index contributed by atoms with van der Waals surface area (Å²) < 4.78 is 0. The summed E-state index contributed by atoms with van der Waals surface area (Å²) in [6.45, 7) is 5.57. The summed E-state index contributed by atoms with van der Waals surface area (Å²) in [4.78, 5) is 17.0. The molecule has 1 heterocycles. The van der Waals surface area contributed by atoms with Crippen LogP contribution < -0.4 is 5.48 Å². The summed E-state index contributed by atoms with van der Waals surface area (Å²) in [6, 6.07) is 11.3. The Balaban J connectivity index is 2.07. The highest BCUT2D eigenvalue weighted by molar-refractivity contribution is 5.92. The molecule has 0 radical (unpaired) electrons. The second-order valence-electron chi connectivity index (χ2n) is 5.18. The zero-order chi connectivity index (χ0) is 13.9. The number of hydroxylamine groups is 1. The van der Waals surface area contributed by atoms with Crippen LogP contribution in [0, 0.1) is 0 Å². The number of nitrogens with zero attached hydrogens (tertiary/aromatic N) is 1. The van der Waals surface area contributed by atoms with Crippen LogP contribution in [0.5, 0.6) is 0 Å². The molecule has 19 heavy (non-hydrogen) atoms. The van der Waals surface area contributed by atoms with E-state index in [0.29, 0.717) is 5.69 Å². The fourth-order valence-electron chi connectivity index (χ4n) is 1.45. The Labute approximate surface area is 111 Å². The minimum Gasteiger partial charge on any atom is -0.272 e. The summed E-state index contributed by atoms with van der Waals surface area (Å²) in [6.07, 6.45) is 0. The Hall–Kier alpha value is -2.14. The van der Waals surface area contributed by atoms with Crippen molar-refractivity contribution in [3.05, 3.63) is 42.1 Å². The predicted molar refractivity (Wildman–Crippen MR) is 72.3 cm³/mol. The quantitative estimate of drug-likeness (QED) is 0.832. The van der Waals surface area contributed by atoms with Gasteiger partial charge in [-0.1, -0.05) is 30.3 Å². The maximum atomic E-state index is 11.8. The molecule has 2 rings (SSSR count). The van der Waals surface area contributed by atoms with Crippen molar-refractivity contribution in [2.45, 2.75) is 26.4 Å². The molecule has 0 saturated carbocycles. The average Bonchev–Trinajstić information content (AvgIpc) is 2.86. The first kappa shape index (κ1) is 13.3. The minimum absolute atomic E-state index is 0.343. The van der Waals surface area contributed by atoms with Crippen molar-refractivity contribution < 1.29 is 9.63 Å². The number of hydrogen-bond donors (Lipinski definition) is 2. The van der Waals surface area contributed by atoms with Crippen molar-refractivity contribution in [2.24, 2.45) is 0 Å². The minimum atomic E-state index is -0.433. The lowest BCUT2D eigenvalue weighted by molar-refractivity contribution is -0.0591. The number of H-pyrrole nitrogens is 1. The molecule has 1 aromatic carbocycles. The van der Waals surface area contributed by atoms with Gasteiger partial charge in [-0.2, -0.15) is 5.10 Å². The Bertz CT molecular complexity index is 556. The van der Waals surface area contributed by atoms with E-state index in [2.05, 4.69) is 15.7 Å². The van der Waals surface area contributed by atoms with Crippen LogP contribution in [0.4, 0.5) is 0 Å². The number of rotatable bonds is 3. The molecule has 5 nitrogen and oxygen atoms in total. The number of nitrogens with one attached hydrogen (secondary N) is 2. The van der Waals surface area contributed by atoms with Gasteiger partial charge in [0.15, 0.2) is 0 Å². The van der Waals surface area contributed by atoms with Gasteiger partial charge in [-0.05, 0) is 26.8 Å². The molecule has 0 saturated heterocycles. The van der Waals surface area contributed by atoms with Crippen LogP contribution in [-0.4, -0.2) is 21.7 Å². The van der Waals surface area contributed by atoms with Gasteiger partial charge < -0.3 is 0 Å². The van der Waals surface area contributed by atoms with Crippen molar-refractivity contribution in [3.63, 3.8) is 0 Å². The lowest BCUT2D eigenvalue weighted by atomic mass is 10.1. The second kappa shape index (κ2) is 5.24. The monoisotopic (exact) mass is 259 g/mol. The molecule has 5 heteroatoms. The molecule has 2 aromatic rings. The number of carbonyl (C=O) groups excluding carboxylic acids is 1. The predicted octanol–water partition coefficient (Wildman–Crippen LogP) is 2.54. The van der Waals surface area contributed by atoms with Crippen molar-refractivity contribution in [2.75, 3.05) is 0 Å². The fourth-order valence-corrected chi connectivity index (χ4v) is 1.45. The van der Waals surface area contributed by atoms with E-state index in [1.807, 2.05) is 51.1 Å². The molecular formula is C14H17N3O2. The highest BCUT2D eigenvalue weighted by Gasteiger charge is 2.15. The van der Waals surface area contributed by atoms with Crippen LogP contribution >= 0.6 is 0 Å². The third kappa shape index (κ3) is 3.66. The van der Waals surface area contributed by atoms with Gasteiger partial charge in [0.1, 0.15) is 5.69 Å². The number of aromatic amines is 1. The average molecular weight is 259 g/mol. The maximum Gasteiger partial charge on any atom is 0.292 e. The first-order valence-corrected chi connectivity index (χ1v) is 6.05. The van der Waals surface area contributed by atoms with E-state index in [1.54, 1.807) is 6.07 Å². The lowest BCUT2D eigenvalue weighted by Crippen LogP contribution is -2.33. The van der Waals surface area contributed by atoms with E-state index in [0.717, 1.165) is 11.3 Å². The van der Waals surface area contributed by atoms with E-state index in [-0.39, 0.29) is 5.91 Å². The number of carbonyl (C=O) groups is 1. The summed E-state index contributed by atoms with van der Waals surface area (Å²) >= 11 is 0. The smallest absolute Gasteiger partial charge is 0.272 e. The molecule has 0 bridgehead atoms. The molecule has 0 aliphatic carbocycles. The van der Waals surface area contributed by atoms with Crippen molar-refractivity contribution >= 4 is 5.91 Å². The fraction of sp³-hybridized carbons (Fsp3) is 0.286. The first-order valence-electron chi connectivity index (χ1n) is 6.05. The Morgan fingerprint density at radius 2 is 1.95 bits per heavy atom. The van der Waals surface area contributed by atoms with Gasteiger partial charge >= 0.3 is 0 Å². The number of aromatic nitrogens is 2. The normalized spacial score (nSPS) is 11.3.